The van der Waals surface area contributed by atoms with E-state index in [4.69, 9.17) is 4.63 Å². The van der Waals surface area contributed by atoms with E-state index in [1.807, 2.05) is 0 Å². The lowest BCUT2D eigenvalue weighted by atomic mass is 9.45. The van der Waals surface area contributed by atoms with E-state index in [2.05, 4.69) is 36.1 Å². The molecule has 3 fully saturated rings. The molecule has 2 saturated carbocycles. The number of fused-ring (bicyclic) bond motifs is 7. The molecule has 24 heavy (non-hydrogen) atoms. The number of aromatic nitrogens is 2. The van der Waals surface area contributed by atoms with Crippen LogP contribution in [0.1, 0.15) is 76.1 Å². The summed E-state index contributed by atoms with van der Waals surface area (Å²) < 4.78 is 5.11. The Morgan fingerprint density at radius 1 is 1.04 bits per heavy atom. The van der Waals surface area contributed by atoms with Crippen LogP contribution in [0.25, 0.3) is 0 Å². The number of hydrogen-bond acceptors (Lipinski definition) is 4. The predicted molar refractivity (Wildman–Crippen MR) is 92.7 cm³/mol. The maximum atomic E-state index is 5.11. The number of piperidine rings is 1. The molecule has 4 nitrogen and oxygen atoms in total. The molecule has 3 aliphatic carbocycles. The van der Waals surface area contributed by atoms with E-state index in [-0.39, 0.29) is 0 Å². The first kappa shape index (κ1) is 15.4. The van der Waals surface area contributed by atoms with Gasteiger partial charge in [0.25, 0.3) is 0 Å². The summed E-state index contributed by atoms with van der Waals surface area (Å²) in [4.78, 5) is 2.69. The molecule has 6 unspecified atom stereocenters. The third kappa shape index (κ3) is 1.84. The first-order valence-corrected chi connectivity index (χ1v) is 10.1. The van der Waals surface area contributed by atoms with Gasteiger partial charge in [-0.2, -0.15) is 0 Å². The molecule has 6 atom stereocenters. The van der Waals surface area contributed by atoms with E-state index in [1.54, 1.807) is 0 Å². The van der Waals surface area contributed by atoms with Gasteiger partial charge in [-0.1, -0.05) is 17.2 Å². The summed E-state index contributed by atoms with van der Waals surface area (Å²) in [7, 11) is 2.37. The molecule has 132 valence electrons. The Bertz CT molecular complexity index is 643. The monoisotopic (exact) mass is 329 g/mol. The van der Waals surface area contributed by atoms with Crippen LogP contribution in [-0.4, -0.2) is 34.3 Å². The molecule has 0 N–H and O–H groups in total. The van der Waals surface area contributed by atoms with E-state index in [9.17, 15) is 0 Å². The zero-order valence-corrected chi connectivity index (χ0v) is 15.4. The van der Waals surface area contributed by atoms with E-state index < -0.39 is 0 Å². The van der Waals surface area contributed by atoms with Gasteiger partial charge >= 0.3 is 0 Å². The lowest BCUT2D eigenvalue weighted by molar-refractivity contribution is -0.117. The van der Waals surface area contributed by atoms with Crippen LogP contribution in [0.5, 0.6) is 0 Å². The molecular formula is C20H31N3O. The van der Waals surface area contributed by atoms with Gasteiger partial charge in [-0.05, 0) is 95.1 Å². The van der Waals surface area contributed by atoms with Gasteiger partial charge in [-0.15, -0.1) is 0 Å². The molecule has 2 heterocycles. The first-order chi connectivity index (χ1) is 11.5. The molecule has 1 aromatic heterocycles. The van der Waals surface area contributed by atoms with Crippen LogP contribution in [0, 0.1) is 23.2 Å². The SMILES string of the molecule is CN1CCCC2C3CCC4c5nonc5CCC4(C)C3CCC21C. The average molecular weight is 329 g/mol. The summed E-state index contributed by atoms with van der Waals surface area (Å²) >= 11 is 0. The Morgan fingerprint density at radius 2 is 1.92 bits per heavy atom. The number of hydrogen-bond donors (Lipinski definition) is 0. The molecule has 5 rings (SSSR count). The second-order valence-electron chi connectivity index (χ2n) is 9.57. The lowest BCUT2D eigenvalue weighted by Gasteiger charge is -2.63. The molecule has 0 amide bonds. The van der Waals surface area contributed by atoms with E-state index in [0.29, 0.717) is 16.9 Å². The summed E-state index contributed by atoms with van der Waals surface area (Å²) in [6.45, 7) is 6.42. The van der Waals surface area contributed by atoms with Gasteiger partial charge in [-0.3, -0.25) is 0 Å². The van der Waals surface area contributed by atoms with Crippen molar-refractivity contribution in [3.8, 4) is 0 Å². The highest BCUT2D eigenvalue weighted by molar-refractivity contribution is 5.25. The quantitative estimate of drug-likeness (QED) is 0.721. The van der Waals surface area contributed by atoms with Crippen LogP contribution in [-0.2, 0) is 6.42 Å². The molecular weight excluding hydrogens is 298 g/mol. The molecule has 0 aromatic carbocycles. The molecule has 1 saturated heterocycles. The van der Waals surface area contributed by atoms with Crippen molar-refractivity contribution in [3.05, 3.63) is 11.4 Å². The minimum atomic E-state index is 0.409. The minimum Gasteiger partial charge on any atom is -0.301 e. The van der Waals surface area contributed by atoms with Gasteiger partial charge in [0.05, 0.1) is 0 Å². The van der Waals surface area contributed by atoms with Crippen LogP contribution in [0.15, 0.2) is 4.63 Å². The van der Waals surface area contributed by atoms with Gasteiger partial charge in [0.15, 0.2) is 0 Å². The number of likely N-dealkylation sites (tertiary alicyclic amines) is 1. The number of nitrogens with zero attached hydrogens (tertiary/aromatic N) is 3. The highest BCUT2D eigenvalue weighted by Gasteiger charge is 2.59. The fraction of sp³-hybridized carbons (Fsp3) is 0.900. The largest absolute Gasteiger partial charge is 0.301 e. The van der Waals surface area contributed by atoms with Crippen molar-refractivity contribution in [2.24, 2.45) is 23.2 Å². The van der Waals surface area contributed by atoms with Crippen LogP contribution in [0.4, 0.5) is 0 Å². The van der Waals surface area contributed by atoms with E-state index >= 15 is 0 Å². The Hall–Kier alpha value is -0.900. The Labute approximate surface area is 145 Å². The van der Waals surface area contributed by atoms with Crippen LogP contribution >= 0.6 is 0 Å². The molecule has 1 aromatic rings. The van der Waals surface area contributed by atoms with Crippen molar-refractivity contribution < 1.29 is 4.63 Å². The molecule has 0 spiro atoms. The van der Waals surface area contributed by atoms with Crippen molar-refractivity contribution in [1.82, 2.24) is 15.2 Å². The van der Waals surface area contributed by atoms with Gasteiger partial charge in [0, 0.05) is 11.5 Å². The molecule has 1 aliphatic heterocycles. The minimum absolute atomic E-state index is 0.409. The smallest absolute Gasteiger partial charge is 0.111 e. The second-order valence-corrected chi connectivity index (χ2v) is 9.57. The summed E-state index contributed by atoms with van der Waals surface area (Å²) in [5.41, 5.74) is 3.20. The molecule has 4 heteroatoms. The summed E-state index contributed by atoms with van der Waals surface area (Å²) in [5, 5.41) is 8.51. The van der Waals surface area contributed by atoms with Gasteiger partial charge in [-0.25, -0.2) is 4.63 Å². The predicted octanol–water partition coefficient (Wildman–Crippen LogP) is 4.03. The number of rotatable bonds is 0. The highest BCUT2D eigenvalue weighted by atomic mass is 16.6. The summed E-state index contributed by atoms with van der Waals surface area (Å²) in [6, 6.07) is 0. The maximum Gasteiger partial charge on any atom is 0.111 e. The van der Waals surface area contributed by atoms with Gasteiger partial charge in [0.1, 0.15) is 11.4 Å². The van der Waals surface area contributed by atoms with Crippen molar-refractivity contribution in [1.29, 1.82) is 0 Å². The van der Waals surface area contributed by atoms with Crippen LogP contribution in [0.2, 0.25) is 0 Å². The van der Waals surface area contributed by atoms with Crippen molar-refractivity contribution >= 4 is 0 Å². The normalized spacial score (nSPS) is 48.1. The second kappa shape index (κ2) is 5.06. The zero-order valence-electron chi connectivity index (χ0n) is 15.4. The number of aryl methyl sites for hydroxylation is 1. The summed E-state index contributed by atoms with van der Waals surface area (Å²) in [6.07, 6.45) is 10.6. The fourth-order valence-corrected chi connectivity index (χ4v) is 7.41. The lowest BCUT2D eigenvalue weighted by Crippen LogP contribution is -2.62. The van der Waals surface area contributed by atoms with Gasteiger partial charge in [0.2, 0.25) is 0 Å². The Kier molecular flexibility index (Phi) is 3.24. The standard InChI is InChI=1S/C20H31N3O/c1-19-10-9-17-18(22-24-21-17)16(19)7-6-13-14(19)8-11-20(2)15(13)5-4-12-23(20)3/h13-16H,4-12H2,1-3H3. The molecule has 0 radical (unpaired) electrons. The highest BCUT2D eigenvalue weighted by Crippen LogP contribution is 2.64. The van der Waals surface area contributed by atoms with E-state index in [1.165, 1.54) is 57.2 Å². The average Bonchev–Trinajstić information content (AvgIpc) is 3.04. The third-order valence-corrected chi connectivity index (χ3v) is 8.92. The van der Waals surface area contributed by atoms with E-state index in [0.717, 1.165) is 29.9 Å². The van der Waals surface area contributed by atoms with Gasteiger partial charge < -0.3 is 4.90 Å². The topological polar surface area (TPSA) is 42.2 Å². The van der Waals surface area contributed by atoms with Crippen molar-refractivity contribution in [3.63, 3.8) is 0 Å². The first-order valence-electron chi connectivity index (χ1n) is 10.1. The molecule has 4 aliphatic rings. The third-order valence-electron chi connectivity index (χ3n) is 8.92. The maximum absolute atomic E-state index is 5.11. The van der Waals surface area contributed by atoms with Crippen molar-refractivity contribution in [2.75, 3.05) is 13.6 Å². The summed E-state index contributed by atoms with van der Waals surface area (Å²) in [5.74, 6) is 3.25. The Morgan fingerprint density at radius 3 is 2.79 bits per heavy atom. The van der Waals surface area contributed by atoms with Crippen LogP contribution < -0.4 is 0 Å². The molecule has 0 bridgehead atoms. The fourth-order valence-electron chi connectivity index (χ4n) is 7.41. The van der Waals surface area contributed by atoms with Crippen LogP contribution in [0.3, 0.4) is 0 Å². The Balaban J connectivity index is 1.50. The van der Waals surface area contributed by atoms with Crippen molar-refractivity contribution in [2.45, 2.75) is 76.7 Å². The zero-order chi connectivity index (χ0) is 16.5.